The average molecular weight is 576 g/mol. The molecule has 0 aliphatic heterocycles. The first-order valence-electron chi connectivity index (χ1n) is 10.4. The largest absolute Gasteiger partial charge is 0.490 e. The van der Waals surface area contributed by atoms with E-state index in [0.717, 1.165) is 11.3 Å². The molecule has 0 aliphatic carbocycles. The van der Waals surface area contributed by atoms with Gasteiger partial charge in [-0.3, -0.25) is 9.79 Å². The van der Waals surface area contributed by atoms with E-state index in [2.05, 4.69) is 25.7 Å². The minimum absolute atomic E-state index is 0. The van der Waals surface area contributed by atoms with E-state index in [9.17, 15) is 13.6 Å². The van der Waals surface area contributed by atoms with E-state index in [0.29, 0.717) is 24.7 Å². The van der Waals surface area contributed by atoms with E-state index in [1.54, 1.807) is 32.2 Å². The number of aliphatic imine (C=N–C) groups is 1. The number of alkyl halides is 2. The van der Waals surface area contributed by atoms with Crippen LogP contribution in [0.1, 0.15) is 31.9 Å². The number of para-hydroxylation sites is 1. The number of anilines is 1. The Bertz CT molecular complexity index is 909. The highest BCUT2D eigenvalue weighted by atomic mass is 127. The molecular weight excluding hydrogens is 545 g/mol. The molecule has 1 amide bonds. The zero-order valence-electron chi connectivity index (χ0n) is 19.2. The summed E-state index contributed by atoms with van der Waals surface area (Å²) in [5.74, 6) is 0.633. The summed E-state index contributed by atoms with van der Waals surface area (Å²) in [5.41, 5.74) is 2.23. The zero-order valence-corrected chi connectivity index (χ0v) is 21.5. The number of nitrogens with one attached hydrogen (secondary N) is 3. The van der Waals surface area contributed by atoms with E-state index in [1.165, 1.54) is 0 Å². The van der Waals surface area contributed by atoms with Crippen molar-refractivity contribution >= 4 is 41.5 Å². The molecule has 182 valence electrons. The number of hydrogen-bond donors (Lipinski definition) is 3. The molecule has 0 radical (unpaired) electrons. The van der Waals surface area contributed by atoms with Crippen LogP contribution in [0, 0.1) is 5.92 Å². The summed E-state index contributed by atoms with van der Waals surface area (Å²) in [7, 11) is 1.62. The molecule has 0 spiro atoms. The zero-order chi connectivity index (χ0) is 23.5. The fraction of sp³-hybridized carbons (Fsp3) is 0.391. The van der Waals surface area contributed by atoms with Crippen molar-refractivity contribution in [2.75, 3.05) is 19.0 Å². The predicted octanol–water partition coefficient (Wildman–Crippen LogP) is 4.76. The average Bonchev–Trinajstić information content (AvgIpc) is 2.76. The lowest BCUT2D eigenvalue weighted by atomic mass is 10.1. The standard InChI is InChI=1S/C23H30F2N4O3.HI/c1-5-31-19-8-6-7-17(20(19)32-22(24)25)14-28-23(26-4)27-13-16-9-11-18(12-10-16)29-21(30)15(2)3;/h6-12,15,22H,5,13-14H2,1-4H3,(H,29,30)(H2,26,27,28);1H. The van der Waals surface area contributed by atoms with Gasteiger partial charge < -0.3 is 25.4 Å². The van der Waals surface area contributed by atoms with Crippen molar-refractivity contribution in [3.05, 3.63) is 53.6 Å². The number of guanidine groups is 1. The smallest absolute Gasteiger partial charge is 0.387 e. The number of carbonyl (C=O) groups excluding carboxylic acids is 1. The Morgan fingerprint density at radius 1 is 1.06 bits per heavy atom. The molecule has 0 saturated heterocycles. The number of amides is 1. The monoisotopic (exact) mass is 576 g/mol. The number of carbonyl (C=O) groups is 1. The highest BCUT2D eigenvalue weighted by molar-refractivity contribution is 14.0. The Kier molecular flexibility index (Phi) is 12.5. The van der Waals surface area contributed by atoms with Gasteiger partial charge in [0.15, 0.2) is 17.5 Å². The first kappa shape index (κ1) is 28.4. The molecule has 2 aromatic rings. The van der Waals surface area contributed by atoms with Crippen molar-refractivity contribution in [3.8, 4) is 11.5 Å². The molecule has 33 heavy (non-hydrogen) atoms. The maximum atomic E-state index is 12.9. The normalized spacial score (nSPS) is 11.1. The van der Waals surface area contributed by atoms with Gasteiger partial charge in [0.1, 0.15) is 0 Å². The quantitative estimate of drug-likeness (QED) is 0.216. The van der Waals surface area contributed by atoms with Crippen molar-refractivity contribution in [1.82, 2.24) is 10.6 Å². The Hall–Kier alpha value is -2.63. The second-order valence-corrected chi connectivity index (χ2v) is 7.18. The van der Waals surface area contributed by atoms with Gasteiger partial charge >= 0.3 is 6.61 Å². The van der Waals surface area contributed by atoms with Crippen molar-refractivity contribution in [2.24, 2.45) is 10.9 Å². The van der Waals surface area contributed by atoms with Crippen LogP contribution in [0.15, 0.2) is 47.5 Å². The molecule has 2 aromatic carbocycles. The second kappa shape index (κ2) is 14.5. The van der Waals surface area contributed by atoms with E-state index < -0.39 is 6.61 Å². The minimum Gasteiger partial charge on any atom is -0.490 e. The summed E-state index contributed by atoms with van der Waals surface area (Å²) in [6.45, 7) is 3.51. The van der Waals surface area contributed by atoms with Crippen LogP contribution in [0.4, 0.5) is 14.5 Å². The van der Waals surface area contributed by atoms with Crippen LogP contribution in [0.5, 0.6) is 11.5 Å². The van der Waals surface area contributed by atoms with E-state index in [-0.39, 0.29) is 53.8 Å². The number of nitrogens with zero attached hydrogens (tertiary/aromatic N) is 1. The number of halogens is 3. The molecule has 0 saturated carbocycles. The van der Waals surface area contributed by atoms with Crippen molar-refractivity contribution < 1.29 is 23.0 Å². The van der Waals surface area contributed by atoms with Crippen LogP contribution < -0.4 is 25.4 Å². The minimum atomic E-state index is -2.96. The molecule has 3 N–H and O–H groups in total. The first-order valence-corrected chi connectivity index (χ1v) is 10.4. The molecule has 0 heterocycles. The third-order valence-corrected chi connectivity index (χ3v) is 4.44. The van der Waals surface area contributed by atoms with Crippen LogP contribution in [0.3, 0.4) is 0 Å². The molecule has 10 heteroatoms. The summed E-state index contributed by atoms with van der Waals surface area (Å²) >= 11 is 0. The number of hydrogen-bond acceptors (Lipinski definition) is 4. The van der Waals surface area contributed by atoms with Gasteiger partial charge in [0.25, 0.3) is 0 Å². The molecule has 0 aliphatic rings. The lowest BCUT2D eigenvalue weighted by Gasteiger charge is -2.17. The fourth-order valence-electron chi connectivity index (χ4n) is 2.77. The van der Waals surface area contributed by atoms with Crippen molar-refractivity contribution in [2.45, 2.75) is 40.5 Å². The van der Waals surface area contributed by atoms with Crippen LogP contribution in [-0.2, 0) is 17.9 Å². The predicted molar refractivity (Wildman–Crippen MR) is 137 cm³/mol. The summed E-state index contributed by atoms with van der Waals surface area (Å²) < 4.78 is 35.8. The van der Waals surface area contributed by atoms with Crippen molar-refractivity contribution in [1.29, 1.82) is 0 Å². The van der Waals surface area contributed by atoms with E-state index >= 15 is 0 Å². The van der Waals surface area contributed by atoms with Crippen LogP contribution in [-0.4, -0.2) is 32.1 Å². The van der Waals surface area contributed by atoms with Crippen LogP contribution in [0.25, 0.3) is 0 Å². The molecule has 0 aromatic heterocycles. The van der Waals surface area contributed by atoms with Gasteiger partial charge in [-0.15, -0.1) is 24.0 Å². The third kappa shape index (κ3) is 9.40. The molecule has 0 unspecified atom stereocenters. The number of rotatable bonds is 10. The van der Waals surface area contributed by atoms with Gasteiger partial charge in [-0.1, -0.05) is 38.1 Å². The highest BCUT2D eigenvalue weighted by Gasteiger charge is 2.16. The molecule has 0 fully saturated rings. The first-order chi connectivity index (χ1) is 15.3. The van der Waals surface area contributed by atoms with E-state index in [4.69, 9.17) is 4.74 Å². The van der Waals surface area contributed by atoms with Gasteiger partial charge in [-0.25, -0.2) is 0 Å². The topological polar surface area (TPSA) is 84.0 Å². The Morgan fingerprint density at radius 2 is 1.73 bits per heavy atom. The summed E-state index contributed by atoms with van der Waals surface area (Å²) in [4.78, 5) is 15.9. The lowest BCUT2D eigenvalue weighted by Crippen LogP contribution is -2.36. The molecule has 0 atom stereocenters. The van der Waals surface area contributed by atoms with E-state index in [1.807, 2.05) is 38.1 Å². The van der Waals surface area contributed by atoms with Crippen LogP contribution in [0.2, 0.25) is 0 Å². The summed E-state index contributed by atoms with van der Waals surface area (Å²) in [6.07, 6.45) is 0. The molecule has 2 rings (SSSR count). The third-order valence-electron chi connectivity index (χ3n) is 4.44. The fourth-order valence-corrected chi connectivity index (χ4v) is 2.77. The summed E-state index contributed by atoms with van der Waals surface area (Å²) in [6, 6.07) is 12.5. The molecular formula is C23H31F2IN4O3. The van der Waals surface area contributed by atoms with Gasteiger partial charge in [0, 0.05) is 37.3 Å². The number of ether oxygens (including phenoxy) is 2. The Morgan fingerprint density at radius 3 is 2.30 bits per heavy atom. The maximum Gasteiger partial charge on any atom is 0.387 e. The van der Waals surface area contributed by atoms with Crippen LogP contribution >= 0.6 is 24.0 Å². The summed E-state index contributed by atoms with van der Waals surface area (Å²) in [5, 5.41) is 9.10. The van der Waals surface area contributed by atoms with Crippen molar-refractivity contribution in [3.63, 3.8) is 0 Å². The van der Waals surface area contributed by atoms with Gasteiger partial charge in [0.2, 0.25) is 5.91 Å². The molecule has 7 nitrogen and oxygen atoms in total. The second-order valence-electron chi connectivity index (χ2n) is 7.18. The van der Waals surface area contributed by atoms with Gasteiger partial charge in [-0.05, 0) is 30.7 Å². The molecule has 0 bridgehead atoms. The van der Waals surface area contributed by atoms with Gasteiger partial charge in [-0.2, -0.15) is 8.78 Å². The van der Waals surface area contributed by atoms with Gasteiger partial charge in [0.05, 0.1) is 6.61 Å². The SMILES string of the molecule is CCOc1cccc(CNC(=NC)NCc2ccc(NC(=O)C(C)C)cc2)c1OC(F)F.I. The Balaban J connectivity index is 0.00000544. The highest BCUT2D eigenvalue weighted by Crippen LogP contribution is 2.32. The Labute approximate surface area is 210 Å². The maximum absolute atomic E-state index is 12.9. The number of benzene rings is 2. The lowest BCUT2D eigenvalue weighted by molar-refractivity contribution is -0.118.